The van der Waals surface area contributed by atoms with Gasteiger partial charge in [0.25, 0.3) is 0 Å². The highest BCUT2D eigenvalue weighted by molar-refractivity contribution is 6.78. The fourth-order valence-electron chi connectivity index (χ4n) is 0.598. The number of hydrogen-bond acceptors (Lipinski definition) is 6. The third-order valence-electron chi connectivity index (χ3n) is 1.16. The van der Waals surface area contributed by atoms with Crippen molar-refractivity contribution in [1.82, 2.24) is 0 Å². The van der Waals surface area contributed by atoms with Gasteiger partial charge in [0.15, 0.2) is 0 Å². The van der Waals surface area contributed by atoms with Gasteiger partial charge in [-0.25, -0.2) is 9.59 Å². The first-order valence-electron chi connectivity index (χ1n) is 4.05. The van der Waals surface area contributed by atoms with Crippen LogP contribution in [0.4, 0.5) is 0 Å². The summed E-state index contributed by atoms with van der Waals surface area (Å²) < 4.78 is 0. The second-order valence-electron chi connectivity index (χ2n) is 2.56. The van der Waals surface area contributed by atoms with Crippen LogP contribution in [0.2, 0.25) is 0 Å². The van der Waals surface area contributed by atoms with Crippen LogP contribution in [0.3, 0.4) is 0 Å². The Hall–Kier alpha value is -3.18. The molecule has 0 aromatic carbocycles. The number of nitrogens with zero attached hydrogens (tertiary/aromatic N) is 4. The lowest BCUT2D eigenvalue weighted by atomic mass is 10.2. The molecule has 0 heterocycles. The molecule has 0 saturated carbocycles. The molecule has 0 aromatic rings. The Bertz CT molecular complexity index is 424. The van der Waals surface area contributed by atoms with Crippen molar-refractivity contribution < 1.29 is 19.8 Å². The first kappa shape index (κ1) is 14.8. The van der Waals surface area contributed by atoms with Crippen LogP contribution in [0, 0.1) is 0 Å². The van der Waals surface area contributed by atoms with Gasteiger partial charge >= 0.3 is 11.9 Å². The Morgan fingerprint density at radius 2 is 0.944 bits per heavy atom. The van der Waals surface area contributed by atoms with E-state index in [0.29, 0.717) is 0 Å². The van der Waals surface area contributed by atoms with Crippen molar-refractivity contribution in [3.8, 4) is 0 Å². The van der Waals surface area contributed by atoms with E-state index in [1.54, 1.807) is 0 Å². The quantitative estimate of drug-likeness (QED) is 0.163. The number of aliphatic carboxylic acids is 2. The van der Waals surface area contributed by atoms with Crippen LogP contribution < -0.4 is 22.9 Å². The van der Waals surface area contributed by atoms with Crippen LogP contribution >= 0.6 is 0 Å². The minimum atomic E-state index is -1.73. The van der Waals surface area contributed by atoms with Crippen LogP contribution in [-0.4, -0.2) is 45.5 Å². The Kier molecular flexibility index (Phi) is 5.28. The van der Waals surface area contributed by atoms with Crippen molar-refractivity contribution in [2.75, 3.05) is 0 Å². The van der Waals surface area contributed by atoms with E-state index in [-0.39, 0.29) is 0 Å². The summed E-state index contributed by atoms with van der Waals surface area (Å²) in [6.45, 7) is 0. The van der Waals surface area contributed by atoms with Crippen LogP contribution in [0.15, 0.2) is 20.4 Å². The average Bonchev–Trinajstić information content (AvgIpc) is 2.20. The Labute approximate surface area is 99.4 Å². The molecule has 0 spiro atoms. The van der Waals surface area contributed by atoms with Crippen molar-refractivity contribution in [2.24, 2.45) is 43.3 Å². The molecular weight excluding hydrogens is 248 g/mol. The molecule has 0 fully saturated rings. The predicted octanol–water partition coefficient (Wildman–Crippen LogP) is -3.59. The maximum Gasteiger partial charge on any atom is 0.359 e. The summed E-state index contributed by atoms with van der Waals surface area (Å²) in [5, 5.41) is 29.5. The Morgan fingerprint density at radius 3 is 1.11 bits per heavy atom. The molecular formula is C6H10N8O4. The largest absolute Gasteiger partial charge is 0.476 e. The molecule has 0 rings (SSSR count). The molecule has 0 aliphatic carbocycles. The molecule has 0 aromatic heterocycles. The lowest BCUT2D eigenvalue weighted by Crippen LogP contribution is -2.31. The van der Waals surface area contributed by atoms with Crippen LogP contribution in [0.1, 0.15) is 0 Å². The lowest BCUT2D eigenvalue weighted by molar-refractivity contribution is -0.131. The van der Waals surface area contributed by atoms with Crippen LogP contribution in [-0.2, 0) is 9.59 Å². The molecule has 12 heteroatoms. The van der Waals surface area contributed by atoms with Crippen molar-refractivity contribution in [3.63, 3.8) is 0 Å². The lowest BCUT2D eigenvalue weighted by Gasteiger charge is -1.98. The SMILES string of the molecule is NC(N)=NN=C(C(=O)O)C(=NN=C(N)N)C(=O)O. The number of carbonyl (C=O) groups is 2. The number of nitrogens with two attached hydrogens (primary N) is 4. The van der Waals surface area contributed by atoms with Crippen molar-refractivity contribution in [1.29, 1.82) is 0 Å². The maximum absolute atomic E-state index is 10.8. The summed E-state index contributed by atoms with van der Waals surface area (Å²) in [4.78, 5) is 21.5. The minimum absolute atomic E-state index is 0.569. The van der Waals surface area contributed by atoms with Crippen molar-refractivity contribution in [2.45, 2.75) is 0 Å². The van der Waals surface area contributed by atoms with Crippen LogP contribution in [0.25, 0.3) is 0 Å². The number of carboxylic acid groups (broad SMARTS) is 2. The van der Waals surface area contributed by atoms with Crippen LogP contribution in [0.5, 0.6) is 0 Å². The predicted molar refractivity (Wildman–Crippen MR) is 61.8 cm³/mol. The average molecular weight is 258 g/mol. The molecule has 10 N–H and O–H groups in total. The number of guanidine groups is 2. The second kappa shape index (κ2) is 6.41. The summed E-state index contributed by atoms with van der Waals surface area (Å²) in [5.74, 6) is -4.60. The fourth-order valence-corrected chi connectivity index (χ4v) is 0.598. The van der Waals surface area contributed by atoms with E-state index in [9.17, 15) is 9.59 Å². The molecule has 0 aliphatic heterocycles. The highest BCUT2D eigenvalue weighted by Gasteiger charge is 2.24. The molecule has 0 amide bonds. The molecule has 0 atom stereocenters. The number of rotatable bonds is 5. The van der Waals surface area contributed by atoms with Gasteiger partial charge in [0.1, 0.15) is 0 Å². The van der Waals surface area contributed by atoms with Gasteiger partial charge in [-0.2, -0.15) is 0 Å². The monoisotopic (exact) mass is 258 g/mol. The molecule has 18 heavy (non-hydrogen) atoms. The molecule has 98 valence electrons. The van der Waals surface area contributed by atoms with E-state index < -0.39 is 35.3 Å². The molecule has 0 aliphatic rings. The molecule has 0 unspecified atom stereocenters. The standard InChI is InChI=1S/C6H10N8O4/c7-5(8)13-11-1(3(15)16)2(4(17)18)12-14-6(9)10/h(H,15,16)(H,17,18)(H4,7,8,13)(H4,9,10,14). The second-order valence-corrected chi connectivity index (χ2v) is 2.56. The summed E-state index contributed by atoms with van der Waals surface area (Å²) in [6, 6.07) is 0. The first-order valence-corrected chi connectivity index (χ1v) is 4.05. The highest BCUT2D eigenvalue weighted by Crippen LogP contribution is 1.91. The Morgan fingerprint density at radius 1 is 0.667 bits per heavy atom. The van der Waals surface area contributed by atoms with E-state index in [0.717, 1.165) is 0 Å². The van der Waals surface area contributed by atoms with Crippen molar-refractivity contribution in [3.05, 3.63) is 0 Å². The maximum atomic E-state index is 10.8. The zero-order valence-corrected chi connectivity index (χ0v) is 8.81. The van der Waals surface area contributed by atoms with Gasteiger partial charge in [0, 0.05) is 0 Å². The summed E-state index contributed by atoms with van der Waals surface area (Å²) in [6.07, 6.45) is 0. The smallest absolute Gasteiger partial charge is 0.359 e. The number of hydrogen-bond donors (Lipinski definition) is 6. The van der Waals surface area contributed by atoms with Gasteiger partial charge < -0.3 is 33.1 Å². The van der Waals surface area contributed by atoms with E-state index in [2.05, 4.69) is 20.4 Å². The summed E-state index contributed by atoms with van der Waals surface area (Å²) in [7, 11) is 0. The first-order chi connectivity index (χ1) is 8.25. The van der Waals surface area contributed by atoms with Gasteiger partial charge in [0.2, 0.25) is 23.3 Å². The van der Waals surface area contributed by atoms with Gasteiger partial charge in [-0.15, -0.1) is 20.4 Å². The van der Waals surface area contributed by atoms with E-state index in [4.69, 9.17) is 33.1 Å². The molecule has 0 saturated heterocycles. The van der Waals surface area contributed by atoms with E-state index >= 15 is 0 Å². The third-order valence-corrected chi connectivity index (χ3v) is 1.16. The molecule has 12 nitrogen and oxygen atoms in total. The highest BCUT2D eigenvalue weighted by atomic mass is 16.4. The zero-order chi connectivity index (χ0) is 14.3. The minimum Gasteiger partial charge on any atom is -0.476 e. The molecule has 0 bridgehead atoms. The fraction of sp³-hybridized carbons (Fsp3) is 0. The van der Waals surface area contributed by atoms with E-state index in [1.165, 1.54) is 0 Å². The third kappa shape index (κ3) is 5.06. The van der Waals surface area contributed by atoms with Gasteiger partial charge in [-0.3, -0.25) is 0 Å². The van der Waals surface area contributed by atoms with Gasteiger partial charge in [-0.05, 0) is 0 Å². The van der Waals surface area contributed by atoms with Crippen molar-refractivity contribution >= 4 is 35.3 Å². The zero-order valence-electron chi connectivity index (χ0n) is 8.81. The number of carboxylic acids is 2. The van der Waals surface area contributed by atoms with E-state index in [1.807, 2.05) is 0 Å². The topological polar surface area (TPSA) is 228 Å². The summed E-state index contributed by atoms with van der Waals surface area (Å²) >= 11 is 0. The Balaban J connectivity index is 5.69. The summed E-state index contributed by atoms with van der Waals surface area (Å²) in [5.41, 5.74) is 17.6. The molecule has 0 radical (unpaired) electrons. The van der Waals surface area contributed by atoms with Gasteiger partial charge in [0.05, 0.1) is 0 Å². The normalized spacial score (nSPS) is 11.6. The van der Waals surface area contributed by atoms with Gasteiger partial charge in [-0.1, -0.05) is 0 Å².